The summed E-state index contributed by atoms with van der Waals surface area (Å²) in [5.74, 6) is -7.52. The van der Waals surface area contributed by atoms with Crippen LogP contribution >= 0.6 is 0 Å². The maximum atomic E-state index is 14.3. The molecule has 1 aromatic carbocycles. The van der Waals surface area contributed by atoms with Gasteiger partial charge in [-0.1, -0.05) is 23.8 Å². The third-order valence-corrected chi connectivity index (χ3v) is 7.53. The highest BCUT2D eigenvalue weighted by Gasteiger charge is 2.56. The maximum Gasteiger partial charge on any atom is 0.305 e. The summed E-state index contributed by atoms with van der Waals surface area (Å²) < 4.78 is 14.3. The quantitative estimate of drug-likeness (QED) is 0.386. The Hall–Kier alpha value is -3.88. The number of carboxylic acids is 1. The molecule has 2 N–H and O–H groups in total. The number of nitrogens with zero attached hydrogens (tertiary/aromatic N) is 1. The molecule has 1 aromatic rings. The zero-order valence-electron chi connectivity index (χ0n) is 18.8. The number of hydrogen-bond donors (Lipinski definition) is 2. The van der Waals surface area contributed by atoms with E-state index in [1.165, 1.54) is 25.1 Å². The first-order chi connectivity index (χ1) is 16.6. The Morgan fingerprint density at radius 3 is 2.60 bits per heavy atom. The first-order valence-corrected chi connectivity index (χ1v) is 11.4. The summed E-state index contributed by atoms with van der Waals surface area (Å²) in [7, 11) is 0. The molecule has 0 spiro atoms. The number of halogens is 1. The fraction of sp³-hybridized carbons (Fsp3) is 0.346. The SMILES string of the molecule is CC1=CC(=O)C2=C(C[C@@H]3C(=CC[C@@H]4C(=O)N(CCC(=O)O)C(=O)[C@@H]43)[C@@H]2c2cccc(F)c2O)C1=O. The molecule has 2 amide bonds. The van der Waals surface area contributed by atoms with Crippen LogP contribution in [0.25, 0.3) is 0 Å². The highest BCUT2D eigenvalue weighted by atomic mass is 19.1. The van der Waals surface area contributed by atoms with Crippen LogP contribution < -0.4 is 0 Å². The van der Waals surface area contributed by atoms with Crippen molar-refractivity contribution in [2.24, 2.45) is 17.8 Å². The number of phenols is 1. The number of benzene rings is 1. The number of imide groups is 1. The topological polar surface area (TPSA) is 129 Å². The van der Waals surface area contributed by atoms with Crippen LogP contribution in [0.5, 0.6) is 5.75 Å². The van der Waals surface area contributed by atoms with Crippen molar-refractivity contribution in [2.45, 2.75) is 32.1 Å². The molecule has 1 saturated heterocycles. The van der Waals surface area contributed by atoms with Crippen molar-refractivity contribution in [1.29, 1.82) is 0 Å². The molecule has 0 radical (unpaired) electrons. The second-order valence-electron chi connectivity index (χ2n) is 9.38. The van der Waals surface area contributed by atoms with E-state index in [-0.39, 0.29) is 53.9 Å². The second-order valence-corrected chi connectivity index (χ2v) is 9.38. The van der Waals surface area contributed by atoms with E-state index in [1.807, 2.05) is 0 Å². The number of amides is 2. The Kier molecular flexibility index (Phi) is 5.30. The molecule has 0 aromatic heterocycles. The van der Waals surface area contributed by atoms with Gasteiger partial charge in [0.05, 0.1) is 18.3 Å². The standard InChI is InChI=1S/C26H22FNO7/c1-11-9-18(29)22-16(23(11)32)10-15-12(20(22)13-3-2-4-17(27)24(13)33)5-6-14-21(15)26(35)28(25(14)34)8-7-19(30)31/h2-5,9,14-15,20-21,33H,6-8,10H2,1H3,(H,30,31)/t14-,15+,20+,21-/m0/s1. The minimum absolute atomic E-state index is 0.0520. The van der Waals surface area contributed by atoms with E-state index in [2.05, 4.69) is 0 Å². The van der Waals surface area contributed by atoms with Crippen LogP contribution in [0.4, 0.5) is 4.39 Å². The summed E-state index contributed by atoms with van der Waals surface area (Å²) in [6, 6.07) is 3.96. The van der Waals surface area contributed by atoms with Crippen molar-refractivity contribution in [2.75, 3.05) is 6.54 Å². The maximum absolute atomic E-state index is 14.3. The Labute approximate surface area is 199 Å². The highest BCUT2D eigenvalue weighted by Crippen LogP contribution is 2.56. The van der Waals surface area contributed by atoms with E-state index in [1.54, 1.807) is 6.08 Å². The van der Waals surface area contributed by atoms with E-state index in [0.717, 1.165) is 11.0 Å². The molecule has 35 heavy (non-hydrogen) atoms. The van der Waals surface area contributed by atoms with E-state index < -0.39 is 58.8 Å². The van der Waals surface area contributed by atoms with Gasteiger partial charge in [-0.2, -0.15) is 0 Å². The average molecular weight is 479 g/mol. The molecule has 0 saturated carbocycles. The lowest BCUT2D eigenvalue weighted by molar-refractivity contribution is -0.142. The molecule has 1 fully saturated rings. The molecule has 0 bridgehead atoms. The number of likely N-dealkylation sites (tertiary alicyclic amines) is 1. The van der Waals surface area contributed by atoms with Crippen molar-refractivity contribution in [1.82, 2.24) is 4.90 Å². The fourth-order valence-electron chi connectivity index (χ4n) is 6.00. The number of carbonyl (C=O) groups excluding carboxylic acids is 4. The molecule has 1 aliphatic heterocycles. The summed E-state index contributed by atoms with van der Waals surface area (Å²) >= 11 is 0. The van der Waals surface area contributed by atoms with Crippen molar-refractivity contribution in [3.63, 3.8) is 0 Å². The van der Waals surface area contributed by atoms with Gasteiger partial charge < -0.3 is 10.2 Å². The number of carbonyl (C=O) groups is 5. The normalized spacial score (nSPS) is 27.9. The van der Waals surface area contributed by atoms with Crippen LogP contribution in [0, 0.1) is 23.6 Å². The monoisotopic (exact) mass is 479 g/mol. The fourth-order valence-corrected chi connectivity index (χ4v) is 6.00. The van der Waals surface area contributed by atoms with Gasteiger partial charge >= 0.3 is 5.97 Å². The number of hydrogen-bond acceptors (Lipinski definition) is 6. The number of allylic oxidation sites excluding steroid dienone is 6. The molecule has 4 aliphatic rings. The number of phenolic OH excluding ortho intramolecular Hbond substituents is 1. The Bertz CT molecular complexity index is 1320. The number of Topliss-reactive ketones (excluding diaryl/α,β-unsaturated/α-hetero) is 1. The van der Waals surface area contributed by atoms with Gasteiger partial charge in [-0.05, 0) is 37.8 Å². The summed E-state index contributed by atoms with van der Waals surface area (Å²) in [6.45, 7) is 1.27. The Morgan fingerprint density at radius 1 is 1.14 bits per heavy atom. The van der Waals surface area contributed by atoms with Crippen LogP contribution in [0.15, 0.2) is 52.6 Å². The van der Waals surface area contributed by atoms with Gasteiger partial charge in [-0.15, -0.1) is 0 Å². The zero-order valence-corrected chi connectivity index (χ0v) is 18.8. The van der Waals surface area contributed by atoms with Gasteiger partial charge in [0.15, 0.2) is 23.1 Å². The van der Waals surface area contributed by atoms with Gasteiger partial charge in [0.2, 0.25) is 11.8 Å². The van der Waals surface area contributed by atoms with Gasteiger partial charge in [-0.25, -0.2) is 4.39 Å². The number of ketones is 2. The first-order valence-electron chi connectivity index (χ1n) is 11.4. The third kappa shape index (κ3) is 3.37. The molecule has 8 nitrogen and oxygen atoms in total. The molecule has 4 atom stereocenters. The smallest absolute Gasteiger partial charge is 0.305 e. The van der Waals surface area contributed by atoms with Crippen molar-refractivity contribution in [3.05, 3.63) is 64.0 Å². The lowest BCUT2D eigenvalue weighted by atomic mass is 9.59. The largest absolute Gasteiger partial charge is 0.505 e. The van der Waals surface area contributed by atoms with E-state index >= 15 is 0 Å². The van der Waals surface area contributed by atoms with Crippen LogP contribution in [-0.2, 0) is 24.0 Å². The number of rotatable bonds is 4. The summed E-state index contributed by atoms with van der Waals surface area (Å²) in [5, 5.41) is 19.6. The van der Waals surface area contributed by atoms with Gasteiger partial charge in [0.25, 0.3) is 0 Å². The number of aromatic hydroxyl groups is 1. The molecular weight excluding hydrogens is 457 g/mol. The molecule has 9 heteroatoms. The zero-order chi connectivity index (χ0) is 25.2. The van der Waals surface area contributed by atoms with Crippen LogP contribution in [0.2, 0.25) is 0 Å². The molecule has 3 aliphatic carbocycles. The van der Waals surface area contributed by atoms with Gasteiger partial charge in [0.1, 0.15) is 0 Å². The van der Waals surface area contributed by atoms with E-state index in [9.17, 15) is 33.5 Å². The van der Waals surface area contributed by atoms with E-state index in [4.69, 9.17) is 5.11 Å². The van der Waals surface area contributed by atoms with Gasteiger partial charge in [0, 0.05) is 34.7 Å². The average Bonchev–Trinajstić information content (AvgIpc) is 3.06. The minimum atomic E-state index is -1.14. The van der Waals surface area contributed by atoms with Crippen LogP contribution in [0.1, 0.15) is 37.7 Å². The molecule has 1 heterocycles. The Balaban J connectivity index is 1.65. The van der Waals surface area contributed by atoms with Crippen LogP contribution in [-0.4, -0.2) is 51.0 Å². The second kappa shape index (κ2) is 8.11. The van der Waals surface area contributed by atoms with Crippen LogP contribution in [0.3, 0.4) is 0 Å². The number of para-hydroxylation sites is 1. The van der Waals surface area contributed by atoms with Gasteiger partial charge in [-0.3, -0.25) is 28.9 Å². The lowest BCUT2D eigenvalue weighted by Crippen LogP contribution is -2.40. The highest BCUT2D eigenvalue weighted by molar-refractivity contribution is 6.23. The summed E-state index contributed by atoms with van der Waals surface area (Å²) in [6.07, 6.45) is 2.83. The molecule has 0 unspecified atom stereocenters. The van der Waals surface area contributed by atoms with Crippen molar-refractivity contribution in [3.8, 4) is 5.75 Å². The predicted octanol–water partition coefficient (Wildman–Crippen LogP) is 2.44. The van der Waals surface area contributed by atoms with Crippen molar-refractivity contribution >= 4 is 29.4 Å². The first kappa shape index (κ1) is 22.9. The Morgan fingerprint density at radius 2 is 1.89 bits per heavy atom. The summed E-state index contributed by atoms with van der Waals surface area (Å²) in [5.41, 5.74) is 1.30. The predicted molar refractivity (Wildman–Crippen MR) is 118 cm³/mol. The number of fused-ring (bicyclic) bond motifs is 3. The number of aliphatic carboxylic acids is 1. The number of carboxylic acid groups (broad SMARTS) is 1. The van der Waals surface area contributed by atoms with E-state index in [0.29, 0.717) is 5.57 Å². The molecule has 5 rings (SSSR count). The third-order valence-electron chi connectivity index (χ3n) is 7.53. The lowest BCUT2D eigenvalue weighted by Gasteiger charge is -2.42. The molecule has 180 valence electrons. The van der Waals surface area contributed by atoms with Crippen molar-refractivity contribution < 1.29 is 38.6 Å². The molecular formula is C26H22FNO7. The minimum Gasteiger partial charge on any atom is -0.505 e. The summed E-state index contributed by atoms with van der Waals surface area (Å²) in [4.78, 5) is 64.6.